The maximum Gasteiger partial charge on any atom is 0.167 e. The van der Waals surface area contributed by atoms with Crippen LogP contribution in [0.25, 0.3) is 0 Å². The van der Waals surface area contributed by atoms with Crippen molar-refractivity contribution in [3.05, 3.63) is 47.0 Å². The SMILES string of the molecule is CCCCOC1=C(F)C2C(F)C3=C(F)C(OCC)=CC(C)C3C2C=C1. The third-order valence-corrected chi connectivity index (χ3v) is 5.30. The number of halogens is 3. The fourth-order valence-corrected chi connectivity index (χ4v) is 4.15. The minimum atomic E-state index is -1.70. The lowest BCUT2D eigenvalue weighted by molar-refractivity contribution is 0.178. The van der Waals surface area contributed by atoms with Crippen LogP contribution < -0.4 is 0 Å². The van der Waals surface area contributed by atoms with Gasteiger partial charge < -0.3 is 9.47 Å². The van der Waals surface area contributed by atoms with E-state index in [9.17, 15) is 8.78 Å². The highest BCUT2D eigenvalue weighted by Crippen LogP contribution is 2.56. The van der Waals surface area contributed by atoms with Crippen LogP contribution in [0, 0.1) is 23.7 Å². The predicted molar refractivity (Wildman–Crippen MR) is 90.5 cm³/mol. The van der Waals surface area contributed by atoms with Gasteiger partial charge in [-0.3, -0.25) is 0 Å². The molecule has 0 saturated heterocycles. The number of fused-ring (bicyclic) bond motifs is 3. The minimum absolute atomic E-state index is 0.0445. The Morgan fingerprint density at radius 1 is 1.12 bits per heavy atom. The Hall–Kier alpha value is -1.65. The van der Waals surface area contributed by atoms with Crippen molar-refractivity contribution in [2.24, 2.45) is 23.7 Å². The standard InChI is InChI=1S/C20H25F3O2/c1-4-6-9-25-13-8-7-12-15-11(3)10-14(24-5-2)19(22)17(15)20(23)16(12)18(13)21/h7-8,10-12,15-16,20H,4-6,9H2,1-3H3. The summed E-state index contributed by atoms with van der Waals surface area (Å²) in [6.45, 7) is 6.36. The molecule has 0 aromatic heterocycles. The minimum Gasteiger partial charge on any atom is -0.491 e. The zero-order valence-corrected chi connectivity index (χ0v) is 14.9. The predicted octanol–water partition coefficient (Wildman–Crippen LogP) is 5.55. The Kier molecular flexibility index (Phi) is 5.30. The molecule has 0 amide bonds. The second-order valence-electron chi connectivity index (χ2n) is 6.90. The molecule has 0 aromatic carbocycles. The van der Waals surface area contributed by atoms with E-state index in [2.05, 4.69) is 0 Å². The zero-order chi connectivity index (χ0) is 18.1. The molecule has 0 radical (unpaired) electrons. The van der Waals surface area contributed by atoms with E-state index in [1.54, 1.807) is 25.2 Å². The maximum absolute atomic E-state index is 15.1. The number of rotatable bonds is 6. The number of alkyl halides is 1. The van der Waals surface area contributed by atoms with Crippen molar-refractivity contribution >= 4 is 0 Å². The van der Waals surface area contributed by atoms with Crippen LogP contribution in [0.2, 0.25) is 0 Å². The van der Waals surface area contributed by atoms with Gasteiger partial charge in [0.05, 0.1) is 19.1 Å². The van der Waals surface area contributed by atoms with Crippen molar-refractivity contribution in [3.63, 3.8) is 0 Å². The Morgan fingerprint density at radius 2 is 1.88 bits per heavy atom. The molecule has 0 aliphatic heterocycles. The smallest absolute Gasteiger partial charge is 0.167 e. The van der Waals surface area contributed by atoms with Crippen molar-refractivity contribution in [1.29, 1.82) is 0 Å². The quantitative estimate of drug-likeness (QED) is 0.582. The molecule has 0 bridgehead atoms. The highest BCUT2D eigenvalue weighted by molar-refractivity contribution is 5.44. The van der Waals surface area contributed by atoms with Gasteiger partial charge in [-0.05, 0) is 43.3 Å². The van der Waals surface area contributed by atoms with Crippen molar-refractivity contribution in [3.8, 4) is 0 Å². The van der Waals surface area contributed by atoms with Gasteiger partial charge in [0.1, 0.15) is 12.0 Å². The van der Waals surface area contributed by atoms with E-state index in [0.29, 0.717) is 13.2 Å². The average molecular weight is 354 g/mol. The topological polar surface area (TPSA) is 18.5 Å². The van der Waals surface area contributed by atoms with E-state index in [1.165, 1.54) is 0 Å². The van der Waals surface area contributed by atoms with Crippen molar-refractivity contribution in [2.75, 3.05) is 13.2 Å². The molecule has 0 heterocycles. The van der Waals surface area contributed by atoms with Gasteiger partial charge in [0.15, 0.2) is 17.3 Å². The van der Waals surface area contributed by atoms with Crippen LogP contribution in [0.3, 0.4) is 0 Å². The molecule has 2 nitrogen and oxygen atoms in total. The number of unbranched alkanes of at least 4 members (excludes halogenated alkanes) is 1. The molecule has 5 heteroatoms. The lowest BCUT2D eigenvalue weighted by Crippen LogP contribution is -2.24. The molecule has 0 N–H and O–H groups in total. The second-order valence-corrected chi connectivity index (χ2v) is 6.90. The molecule has 138 valence electrons. The number of hydrogen-bond acceptors (Lipinski definition) is 2. The largest absolute Gasteiger partial charge is 0.491 e. The van der Waals surface area contributed by atoms with Crippen molar-refractivity contribution in [2.45, 2.75) is 39.8 Å². The summed E-state index contributed by atoms with van der Waals surface area (Å²) < 4.78 is 55.5. The monoisotopic (exact) mass is 354 g/mol. The van der Waals surface area contributed by atoms with Crippen LogP contribution in [0.1, 0.15) is 33.6 Å². The normalized spacial score (nSPS) is 34.0. The third-order valence-electron chi connectivity index (χ3n) is 5.30. The molecular formula is C20H25F3O2. The highest BCUT2D eigenvalue weighted by Gasteiger charge is 2.54. The van der Waals surface area contributed by atoms with E-state index in [-0.39, 0.29) is 28.9 Å². The molecule has 1 saturated carbocycles. The first-order valence-corrected chi connectivity index (χ1v) is 9.10. The van der Waals surface area contributed by atoms with E-state index in [4.69, 9.17) is 9.47 Å². The van der Waals surface area contributed by atoms with Crippen LogP contribution in [-0.2, 0) is 9.47 Å². The molecule has 3 aliphatic rings. The average Bonchev–Trinajstić information content (AvgIpc) is 2.89. The van der Waals surface area contributed by atoms with Gasteiger partial charge in [-0.1, -0.05) is 26.3 Å². The van der Waals surface area contributed by atoms with Crippen LogP contribution in [0.4, 0.5) is 13.2 Å². The van der Waals surface area contributed by atoms with Crippen LogP contribution in [0.5, 0.6) is 0 Å². The summed E-state index contributed by atoms with van der Waals surface area (Å²) in [5.74, 6) is -3.02. The molecule has 5 unspecified atom stereocenters. The lowest BCUT2D eigenvalue weighted by atomic mass is 9.76. The fraction of sp³-hybridized carbons (Fsp3) is 0.600. The summed E-state index contributed by atoms with van der Waals surface area (Å²) in [5.41, 5.74) is 0.0445. The highest BCUT2D eigenvalue weighted by atomic mass is 19.1. The van der Waals surface area contributed by atoms with Crippen LogP contribution in [0.15, 0.2) is 47.0 Å². The van der Waals surface area contributed by atoms with E-state index >= 15 is 4.39 Å². The molecule has 0 aromatic rings. The van der Waals surface area contributed by atoms with E-state index in [0.717, 1.165) is 12.8 Å². The van der Waals surface area contributed by atoms with Gasteiger partial charge in [-0.2, -0.15) is 0 Å². The molecule has 3 rings (SSSR count). The zero-order valence-electron chi connectivity index (χ0n) is 14.9. The number of ether oxygens (including phenoxy) is 2. The van der Waals surface area contributed by atoms with E-state index < -0.39 is 29.7 Å². The van der Waals surface area contributed by atoms with Gasteiger partial charge in [-0.25, -0.2) is 13.2 Å². The molecule has 25 heavy (non-hydrogen) atoms. The Labute approximate surface area is 147 Å². The van der Waals surface area contributed by atoms with Gasteiger partial charge in [0.25, 0.3) is 0 Å². The number of hydrogen-bond donors (Lipinski definition) is 0. The molecule has 3 aliphatic carbocycles. The van der Waals surface area contributed by atoms with Crippen LogP contribution in [-0.4, -0.2) is 19.4 Å². The number of allylic oxidation sites excluding steroid dienone is 6. The first kappa shape index (κ1) is 18.2. The van der Waals surface area contributed by atoms with Crippen LogP contribution >= 0.6 is 0 Å². The molecule has 1 fully saturated rings. The molecule has 0 spiro atoms. The van der Waals surface area contributed by atoms with Gasteiger partial charge in [0, 0.05) is 5.57 Å². The molecular weight excluding hydrogens is 329 g/mol. The molecule has 5 atom stereocenters. The summed E-state index contributed by atoms with van der Waals surface area (Å²) in [7, 11) is 0. The second kappa shape index (κ2) is 7.30. The fourth-order valence-electron chi connectivity index (χ4n) is 4.15. The summed E-state index contributed by atoms with van der Waals surface area (Å²) in [4.78, 5) is 0. The summed E-state index contributed by atoms with van der Waals surface area (Å²) in [6.07, 6.45) is 5.08. The Balaban J connectivity index is 1.92. The van der Waals surface area contributed by atoms with Crippen molar-refractivity contribution < 1.29 is 22.6 Å². The summed E-state index contributed by atoms with van der Waals surface area (Å²) in [6, 6.07) is 0. The first-order chi connectivity index (χ1) is 12.0. The van der Waals surface area contributed by atoms with Crippen molar-refractivity contribution in [1.82, 2.24) is 0 Å². The third kappa shape index (κ3) is 3.02. The van der Waals surface area contributed by atoms with Gasteiger partial charge in [-0.15, -0.1) is 0 Å². The van der Waals surface area contributed by atoms with E-state index in [1.807, 2.05) is 13.8 Å². The first-order valence-electron chi connectivity index (χ1n) is 9.10. The summed E-state index contributed by atoms with van der Waals surface area (Å²) >= 11 is 0. The Bertz CT molecular complexity index is 647. The summed E-state index contributed by atoms with van der Waals surface area (Å²) in [5, 5.41) is 0. The lowest BCUT2D eigenvalue weighted by Gasteiger charge is -2.30. The van der Waals surface area contributed by atoms with Gasteiger partial charge in [0.2, 0.25) is 0 Å². The van der Waals surface area contributed by atoms with Gasteiger partial charge >= 0.3 is 0 Å². The maximum atomic E-state index is 15.1. The Morgan fingerprint density at radius 3 is 2.56 bits per heavy atom.